The summed E-state index contributed by atoms with van der Waals surface area (Å²) in [5.74, 6) is -1.18. The second-order valence-electron chi connectivity index (χ2n) is 7.11. The van der Waals surface area contributed by atoms with E-state index in [0.717, 1.165) is 16.5 Å². The Bertz CT molecular complexity index is 1300. The summed E-state index contributed by atoms with van der Waals surface area (Å²) in [4.78, 5) is 29.5. The predicted molar refractivity (Wildman–Crippen MR) is 129 cm³/mol. The molecule has 33 heavy (non-hydrogen) atoms. The van der Waals surface area contributed by atoms with Crippen LogP contribution in [0.2, 0.25) is 0 Å². The molecule has 1 aromatic heterocycles. The molecule has 2 aromatic carbocycles. The van der Waals surface area contributed by atoms with Gasteiger partial charge in [0.05, 0.1) is 24.3 Å². The molecule has 7 nitrogen and oxygen atoms in total. The number of aromatic nitrogens is 1. The molecule has 0 unspecified atom stereocenters. The predicted octanol–water partition coefficient (Wildman–Crippen LogP) is 5.01. The van der Waals surface area contributed by atoms with Gasteiger partial charge in [0.1, 0.15) is 22.9 Å². The third-order valence-corrected chi connectivity index (χ3v) is 6.01. The first-order valence-corrected chi connectivity index (χ1v) is 11.1. The fourth-order valence-electron chi connectivity index (χ4n) is 3.48. The third kappa shape index (κ3) is 4.70. The van der Waals surface area contributed by atoms with Gasteiger partial charge in [-0.25, -0.2) is 9.79 Å². The topological polar surface area (TPSA) is 90.1 Å². The summed E-state index contributed by atoms with van der Waals surface area (Å²) in [6.07, 6.45) is 3.60. The summed E-state index contributed by atoms with van der Waals surface area (Å²) in [5.41, 5.74) is 2.33. The van der Waals surface area contributed by atoms with Crippen LogP contribution < -0.4 is 0 Å². The third-order valence-electron chi connectivity index (χ3n) is 4.99. The van der Waals surface area contributed by atoms with E-state index in [-0.39, 0.29) is 30.5 Å². The normalized spacial score (nSPS) is 16.1. The molecule has 0 saturated carbocycles. The number of fused-ring (bicyclic) bond motifs is 1. The molecule has 8 heteroatoms. The molecule has 0 radical (unpaired) electrons. The number of nitrogens with zero attached hydrogens (tertiary/aromatic N) is 2. The fourth-order valence-corrected chi connectivity index (χ4v) is 4.50. The summed E-state index contributed by atoms with van der Waals surface area (Å²) in [6.45, 7) is 1.95. The number of carbonyl (C=O) groups excluding carboxylic acids is 2. The zero-order valence-electron chi connectivity index (χ0n) is 18.1. The van der Waals surface area contributed by atoms with Crippen LogP contribution in [0, 0.1) is 0 Å². The average Bonchev–Trinajstić information content (AvgIpc) is 3.32. The largest absolute Gasteiger partial charge is 0.506 e. The Labute approximate surface area is 195 Å². The molecule has 0 aliphatic carbocycles. The Balaban J connectivity index is 1.80. The molecule has 0 saturated heterocycles. The number of aliphatic hydroxyl groups excluding tert-OH is 1. The summed E-state index contributed by atoms with van der Waals surface area (Å²) in [7, 11) is 1.35. The van der Waals surface area contributed by atoms with Crippen molar-refractivity contribution in [3.63, 3.8) is 0 Å². The fraction of sp³-hybridized carbons (Fsp3) is 0.160. The summed E-state index contributed by atoms with van der Waals surface area (Å²) in [6, 6.07) is 16.8. The lowest BCUT2D eigenvalue weighted by atomic mass is 10.1. The number of aliphatic imine (C=N–C) groups is 1. The van der Waals surface area contributed by atoms with Crippen molar-refractivity contribution in [1.82, 2.24) is 4.57 Å². The number of esters is 2. The maximum Gasteiger partial charge on any atom is 0.344 e. The van der Waals surface area contributed by atoms with Crippen molar-refractivity contribution >= 4 is 51.4 Å². The van der Waals surface area contributed by atoms with Gasteiger partial charge in [-0.05, 0) is 31.2 Å². The maximum atomic E-state index is 12.6. The Morgan fingerprint density at radius 3 is 2.58 bits per heavy atom. The average molecular weight is 463 g/mol. The minimum atomic E-state index is -0.631. The number of carbonyl (C=O) groups is 2. The van der Waals surface area contributed by atoms with Crippen LogP contribution in [-0.2, 0) is 25.6 Å². The molecule has 0 bridgehead atoms. The van der Waals surface area contributed by atoms with E-state index in [1.807, 2.05) is 60.8 Å². The summed E-state index contributed by atoms with van der Waals surface area (Å²) < 4.78 is 11.8. The van der Waals surface area contributed by atoms with Gasteiger partial charge >= 0.3 is 11.9 Å². The van der Waals surface area contributed by atoms with Gasteiger partial charge in [-0.3, -0.25) is 4.79 Å². The smallest absolute Gasteiger partial charge is 0.344 e. The molecule has 1 aliphatic heterocycles. The van der Waals surface area contributed by atoms with Gasteiger partial charge in [0.2, 0.25) is 0 Å². The molecule has 3 aromatic rings. The van der Waals surface area contributed by atoms with Gasteiger partial charge in [0.25, 0.3) is 0 Å². The Kier molecular flexibility index (Phi) is 6.65. The molecule has 168 valence electrons. The minimum Gasteiger partial charge on any atom is -0.506 e. The van der Waals surface area contributed by atoms with Crippen molar-refractivity contribution < 1.29 is 24.2 Å². The van der Waals surface area contributed by atoms with Gasteiger partial charge in [-0.15, -0.1) is 0 Å². The van der Waals surface area contributed by atoms with Gasteiger partial charge in [-0.2, -0.15) is 0 Å². The monoisotopic (exact) mass is 462 g/mol. The van der Waals surface area contributed by atoms with Crippen molar-refractivity contribution in [2.45, 2.75) is 13.5 Å². The highest BCUT2D eigenvalue weighted by atomic mass is 32.2. The molecule has 4 rings (SSSR count). The van der Waals surface area contributed by atoms with Crippen LogP contribution in [0.3, 0.4) is 0 Å². The first-order chi connectivity index (χ1) is 16.0. The van der Waals surface area contributed by atoms with E-state index < -0.39 is 5.97 Å². The molecule has 0 amide bonds. The quantitative estimate of drug-likeness (QED) is 0.518. The number of hydrogen-bond donors (Lipinski definition) is 1. The molecule has 1 aliphatic rings. The van der Waals surface area contributed by atoms with E-state index in [1.165, 1.54) is 18.9 Å². The van der Waals surface area contributed by atoms with E-state index in [9.17, 15) is 14.7 Å². The van der Waals surface area contributed by atoms with Crippen LogP contribution in [0.25, 0.3) is 17.0 Å². The first kappa shape index (κ1) is 22.4. The lowest BCUT2D eigenvalue weighted by Crippen LogP contribution is -2.12. The number of aliphatic hydroxyl groups is 1. The molecule has 0 spiro atoms. The van der Waals surface area contributed by atoms with Crippen LogP contribution in [0.15, 0.2) is 82.0 Å². The Morgan fingerprint density at radius 1 is 1.12 bits per heavy atom. The van der Waals surface area contributed by atoms with E-state index in [4.69, 9.17) is 9.47 Å². The maximum absolute atomic E-state index is 12.6. The Hall–Kier alpha value is -3.78. The number of para-hydroxylation sites is 2. The van der Waals surface area contributed by atoms with Gasteiger partial charge in [0, 0.05) is 22.7 Å². The van der Waals surface area contributed by atoms with Gasteiger partial charge in [0.15, 0.2) is 0 Å². The highest BCUT2D eigenvalue weighted by Gasteiger charge is 2.33. The minimum absolute atomic E-state index is 0.0373. The zero-order chi connectivity index (χ0) is 23.4. The molecule has 1 N–H and O–H groups in total. The number of benzene rings is 2. The summed E-state index contributed by atoms with van der Waals surface area (Å²) in [5, 5.41) is 12.2. The number of methoxy groups -OCH3 is 1. The highest BCUT2D eigenvalue weighted by Crippen LogP contribution is 2.41. The van der Waals surface area contributed by atoms with Crippen molar-refractivity contribution in [2.75, 3.05) is 13.7 Å². The Morgan fingerprint density at radius 2 is 1.85 bits per heavy atom. The number of ether oxygens (including phenoxy) is 2. The number of thioether (sulfide) groups is 1. The van der Waals surface area contributed by atoms with Crippen molar-refractivity contribution in [2.24, 2.45) is 4.99 Å². The van der Waals surface area contributed by atoms with Crippen LogP contribution in [-0.4, -0.2) is 40.4 Å². The molecular formula is C25H22N2O5S. The van der Waals surface area contributed by atoms with Crippen molar-refractivity contribution in [3.05, 3.63) is 82.6 Å². The highest BCUT2D eigenvalue weighted by molar-refractivity contribution is 8.18. The van der Waals surface area contributed by atoms with Gasteiger partial charge in [-0.1, -0.05) is 48.2 Å². The second kappa shape index (κ2) is 9.79. The van der Waals surface area contributed by atoms with Gasteiger partial charge < -0.3 is 19.1 Å². The second-order valence-corrected chi connectivity index (χ2v) is 8.14. The van der Waals surface area contributed by atoms with E-state index in [1.54, 1.807) is 17.6 Å². The lowest BCUT2D eigenvalue weighted by molar-refractivity contribution is -0.141. The summed E-state index contributed by atoms with van der Waals surface area (Å²) >= 11 is 1.19. The van der Waals surface area contributed by atoms with Crippen molar-refractivity contribution in [1.29, 1.82) is 0 Å². The van der Waals surface area contributed by atoms with Crippen LogP contribution >= 0.6 is 11.8 Å². The standard InChI is InChI=1S/C25H22N2O5S/c1-3-32-25(30)22-23(29)20(33-24(22)26-17-9-5-4-6-10-17)13-16-14-27(15-21(28)31-2)19-12-8-7-11-18(16)19/h4-14,29H,3,15H2,1-2H3/b20-13-,26-24?. The van der Waals surface area contributed by atoms with E-state index in [2.05, 4.69) is 4.99 Å². The number of rotatable bonds is 6. The van der Waals surface area contributed by atoms with Crippen LogP contribution in [0.1, 0.15) is 12.5 Å². The van der Waals surface area contributed by atoms with Crippen LogP contribution in [0.4, 0.5) is 5.69 Å². The number of hydrogen-bond acceptors (Lipinski definition) is 7. The van der Waals surface area contributed by atoms with Crippen molar-refractivity contribution in [3.8, 4) is 0 Å². The molecular weight excluding hydrogens is 440 g/mol. The zero-order valence-corrected chi connectivity index (χ0v) is 19.0. The molecule has 0 atom stereocenters. The molecule has 2 heterocycles. The molecule has 0 fully saturated rings. The van der Waals surface area contributed by atoms with Crippen LogP contribution in [0.5, 0.6) is 0 Å². The lowest BCUT2D eigenvalue weighted by Gasteiger charge is -2.03. The van der Waals surface area contributed by atoms with E-state index >= 15 is 0 Å². The SMILES string of the molecule is CCOC(=O)C1=C(O)/C(=C/c2cn(CC(=O)OC)c3ccccc23)SC1=Nc1ccccc1. The first-order valence-electron chi connectivity index (χ1n) is 10.3. The van der Waals surface area contributed by atoms with E-state index in [0.29, 0.717) is 15.6 Å².